The Morgan fingerprint density at radius 1 is 1.28 bits per heavy atom. The van der Waals surface area contributed by atoms with Crippen molar-refractivity contribution in [3.05, 3.63) is 0 Å². The molecule has 2 unspecified atom stereocenters. The maximum atomic E-state index is 11.0. The highest BCUT2D eigenvalue weighted by molar-refractivity contribution is 5.73. The summed E-state index contributed by atoms with van der Waals surface area (Å²) in [5.41, 5.74) is 0.00861. The van der Waals surface area contributed by atoms with Crippen LogP contribution in [0.5, 0.6) is 0 Å². The van der Waals surface area contributed by atoms with Gasteiger partial charge in [0.25, 0.3) is 0 Å². The second kappa shape index (κ2) is 3.26. The number of hydrogen-bond donors (Lipinski definition) is 2. The number of carboxylic acids is 2. The van der Waals surface area contributed by atoms with Crippen LogP contribution < -0.4 is 0 Å². The maximum Gasteiger partial charge on any atom is 0.317 e. The summed E-state index contributed by atoms with van der Waals surface area (Å²) in [6, 6.07) is 0. The number of aliphatic carboxylic acids is 2. The molecule has 0 aromatic carbocycles. The second-order valence-electron chi connectivity index (χ2n) is 6.38. The van der Waals surface area contributed by atoms with Crippen molar-refractivity contribution in [1.82, 2.24) is 4.90 Å². The van der Waals surface area contributed by atoms with Gasteiger partial charge in [0.1, 0.15) is 0 Å². The van der Waals surface area contributed by atoms with Gasteiger partial charge in [0.05, 0.1) is 13.1 Å². The van der Waals surface area contributed by atoms with E-state index in [0.29, 0.717) is 17.8 Å². The summed E-state index contributed by atoms with van der Waals surface area (Å²) in [4.78, 5) is 23.7. The average molecular weight is 253 g/mol. The maximum absolute atomic E-state index is 11.0. The lowest BCUT2D eigenvalue weighted by molar-refractivity contribution is -0.382. The van der Waals surface area contributed by atoms with Crippen molar-refractivity contribution in [2.45, 2.75) is 32.2 Å². The summed E-state index contributed by atoms with van der Waals surface area (Å²) >= 11 is 0. The van der Waals surface area contributed by atoms with Crippen molar-refractivity contribution < 1.29 is 19.8 Å². The smallest absolute Gasteiger partial charge is 0.317 e. The van der Waals surface area contributed by atoms with Gasteiger partial charge >= 0.3 is 11.9 Å². The molecule has 3 fully saturated rings. The molecule has 0 heterocycles. The Kier molecular flexibility index (Phi) is 2.17. The molecule has 5 nitrogen and oxygen atoms in total. The third kappa shape index (κ3) is 1.03. The highest BCUT2D eigenvalue weighted by atomic mass is 16.4. The summed E-state index contributed by atoms with van der Waals surface area (Å²) in [7, 11) is 0. The van der Waals surface area contributed by atoms with Crippen molar-refractivity contribution in [2.75, 3.05) is 13.1 Å². The third-order valence-electron chi connectivity index (χ3n) is 6.22. The van der Waals surface area contributed by atoms with Gasteiger partial charge < -0.3 is 10.2 Å². The zero-order valence-electron chi connectivity index (χ0n) is 10.7. The van der Waals surface area contributed by atoms with Crippen LogP contribution in [0.25, 0.3) is 0 Å². The number of rotatable bonds is 5. The average Bonchev–Trinajstić information content (AvgIpc) is 2.27. The fourth-order valence-electron chi connectivity index (χ4n) is 5.43. The molecule has 5 heteroatoms. The van der Waals surface area contributed by atoms with Crippen LogP contribution in [0.3, 0.4) is 0 Å². The van der Waals surface area contributed by atoms with E-state index in [4.69, 9.17) is 10.2 Å². The molecule has 0 radical (unpaired) electrons. The molecule has 5 atom stereocenters. The lowest BCUT2D eigenvalue weighted by Crippen LogP contribution is -2.90. The molecule has 0 spiro atoms. The van der Waals surface area contributed by atoms with E-state index in [0.717, 1.165) is 6.42 Å². The molecule has 0 amide bonds. The summed E-state index contributed by atoms with van der Waals surface area (Å²) in [6.07, 6.45) is 2.22. The number of carboxylic acid groups (broad SMARTS) is 2. The number of carbonyl (C=O) groups is 2. The summed E-state index contributed by atoms with van der Waals surface area (Å²) in [5.74, 6) is -0.100. The first kappa shape index (κ1) is 12.0. The Morgan fingerprint density at radius 2 is 1.83 bits per heavy atom. The number of nitrogens with zero attached hydrogens (tertiary/aromatic N) is 1. The first-order valence-corrected chi connectivity index (χ1v) is 6.52. The molecule has 0 aliphatic heterocycles. The van der Waals surface area contributed by atoms with Gasteiger partial charge in [0.2, 0.25) is 0 Å². The molecule has 3 aliphatic rings. The van der Waals surface area contributed by atoms with E-state index in [2.05, 4.69) is 13.8 Å². The van der Waals surface area contributed by atoms with Crippen LogP contribution in [-0.4, -0.2) is 45.7 Å². The second-order valence-corrected chi connectivity index (χ2v) is 6.38. The summed E-state index contributed by atoms with van der Waals surface area (Å²) < 4.78 is 0. The zero-order chi connectivity index (χ0) is 13.3. The van der Waals surface area contributed by atoms with E-state index in [1.165, 1.54) is 6.42 Å². The zero-order valence-corrected chi connectivity index (χ0v) is 10.7. The Bertz CT molecular complexity index is 421. The van der Waals surface area contributed by atoms with E-state index < -0.39 is 11.9 Å². The molecule has 0 bridgehead atoms. The predicted molar refractivity (Wildman–Crippen MR) is 63.1 cm³/mol. The van der Waals surface area contributed by atoms with E-state index in [1.54, 1.807) is 4.90 Å². The minimum absolute atomic E-state index is 0.161. The van der Waals surface area contributed by atoms with Gasteiger partial charge in [0.15, 0.2) is 0 Å². The van der Waals surface area contributed by atoms with Gasteiger partial charge in [-0.05, 0) is 36.0 Å². The van der Waals surface area contributed by atoms with Crippen LogP contribution in [0.4, 0.5) is 0 Å². The van der Waals surface area contributed by atoms with Crippen molar-refractivity contribution >= 4 is 11.9 Å². The van der Waals surface area contributed by atoms with E-state index >= 15 is 0 Å². The van der Waals surface area contributed by atoms with Gasteiger partial charge in [-0.25, -0.2) is 0 Å². The van der Waals surface area contributed by atoms with Gasteiger partial charge in [-0.1, -0.05) is 13.8 Å². The summed E-state index contributed by atoms with van der Waals surface area (Å²) in [6.45, 7) is 4.04. The van der Waals surface area contributed by atoms with E-state index in [1.807, 2.05) is 0 Å². The topological polar surface area (TPSA) is 77.8 Å². The Morgan fingerprint density at radius 3 is 2.17 bits per heavy atom. The highest BCUT2D eigenvalue weighted by Crippen LogP contribution is 2.84. The lowest BCUT2D eigenvalue weighted by atomic mass is 9.20. The lowest BCUT2D eigenvalue weighted by Gasteiger charge is -2.88. The van der Waals surface area contributed by atoms with Crippen LogP contribution in [-0.2, 0) is 9.59 Å². The molecular weight excluding hydrogens is 234 g/mol. The molecule has 100 valence electrons. The van der Waals surface area contributed by atoms with E-state index in [9.17, 15) is 9.59 Å². The van der Waals surface area contributed by atoms with Crippen molar-refractivity contribution in [2.24, 2.45) is 23.2 Å². The molecule has 0 aromatic heterocycles. The first-order chi connectivity index (χ1) is 8.34. The molecule has 0 aromatic rings. The molecule has 18 heavy (non-hydrogen) atoms. The largest absolute Gasteiger partial charge is 0.480 e. The van der Waals surface area contributed by atoms with Gasteiger partial charge in [-0.2, -0.15) is 0 Å². The molecule has 3 aliphatic carbocycles. The Hall–Kier alpha value is -1.10. The SMILES string of the molecule is CC1[C@H]2C[C@H]3C[C@@]1(N(CC(=O)O)CC(=O)O)C32C. The quantitative estimate of drug-likeness (QED) is 0.761. The van der Waals surface area contributed by atoms with Crippen LogP contribution in [0, 0.1) is 23.2 Å². The monoisotopic (exact) mass is 253 g/mol. The van der Waals surface area contributed by atoms with Gasteiger partial charge in [0, 0.05) is 5.54 Å². The Labute approximate surface area is 106 Å². The molecular formula is C13H19NO4. The first-order valence-electron chi connectivity index (χ1n) is 6.52. The van der Waals surface area contributed by atoms with Crippen LogP contribution in [0.2, 0.25) is 0 Å². The minimum Gasteiger partial charge on any atom is -0.480 e. The van der Waals surface area contributed by atoms with Gasteiger partial charge in [-0.15, -0.1) is 0 Å². The van der Waals surface area contributed by atoms with Crippen LogP contribution in [0.1, 0.15) is 26.7 Å². The predicted octanol–water partition coefficient (Wildman–Crippen LogP) is 0.892. The summed E-state index contributed by atoms with van der Waals surface area (Å²) in [5, 5.41) is 18.0. The highest BCUT2D eigenvalue weighted by Gasteiger charge is 2.84. The van der Waals surface area contributed by atoms with Crippen LogP contribution >= 0.6 is 0 Å². The van der Waals surface area contributed by atoms with Crippen molar-refractivity contribution in [3.8, 4) is 0 Å². The fraction of sp³-hybridized carbons (Fsp3) is 0.846. The van der Waals surface area contributed by atoms with Gasteiger partial charge in [-0.3, -0.25) is 14.5 Å². The normalized spacial score (nSPS) is 47.6. The molecule has 3 saturated carbocycles. The molecule has 2 N–H and O–H groups in total. The fourth-order valence-corrected chi connectivity index (χ4v) is 5.43. The minimum atomic E-state index is -0.937. The van der Waals surface area contributed by atoms with Crippen molar-refractivity contribution in [3.63, 3.8) is 0 Å². The Balaban J connectivity index is 1.86. The van der Waals surface area contributed by atoms with E-state index in [-0.39, 0.29) is 24.0 Å². The van der Waals surface area contributed by atoms with Crippen molar-refractivity contribution in [1.29, 1.82) is 0 Å². The third-order valence-corrected chi connectivity index (χ3v) is 6.22. The molecule has 0 saturated heterocycles. The standard InChI is InChI=1S/C13H19NO4/c1-7-9-3-8-4-13(7,12(8,9)2)14(5-10(15)16)6-11(17)18/h7-9H,3-6H2,1-2H3,(H,15,16)(H,17,18)/t7?,8-,9+,12?,13-/m0/s1. The molecule has 3 rings (SSSR count). The number of hydrogen-bond acceptors (Lipinski definition) is 3. The van der Waals surface area contributed by atoms with Crippen LogP contribution in [0.15, 0.2) is 0 Å².